The lowest BCUT2D eigenvalue weighted by atomic mass is 10.1. The minimum Gasteiger partial charge on any atom is -0.356 e. The molecule has 0 saturated carbocycles. The van der Waals surface area contributed by atoms with Crippen LogP contribution in [0.5, 0.6) is 0 Å². The Bertz CT molecular complexity index is 1440. The molecule has 3 aromatic rings. The summed E-state index contributed by atoms with van der Waals surface area (Å²) in [6.45, 7) is 0.517. The predicted molar refractivity (Wildman–Crippen MR) is 151 cm³/mol. The SMILES string of the molecule is O=C(CC[C@@H]1N=C2c3ccccc3N=C(SCC(=O)Nc3ccc(F)cc3)N2C1=O)NCCc1ccccc1. The highest BCUT2D eigenvalue weighted by atomic mass is 32.2. The number of aliphatic imine (C=N–C) groups is 2. The van der Waals surface area contributed by atoms with Crippen molar-refractivity contribution in [3.8, 4) is 0 Å². The Morgan fingerprint density at radius 3 is 2.49 bits per heavy atom. The van der Waals surface area contributed by atoms with Gasteiger partial charge in [0.1, 0.15) is 17.7 Å². The van der Waals surface area contributed by atoms with E-state index in [4.69, 9.17) is 0 Å². The van der Waals surface area contributed by atoms with Gasteiger partial charge in [-0.3, -0.25) is 19.4 Å². The number of halogens is 1. The lowest BCUT2D eigenvalue weighted by molar-refractivity contribution is -0.125. The van der Waals surface area contributed by atoms with Gasteiger partial charge in [0, 0.05) is 24.2 Å². The molecule has 0 unspecified atom stereocenters. The Balaban J connectivity index is 1.21. The third-order valence-electron chi connectivity index (χ3n) is 6.23. The highest BCUT2D eigenvalue weighted by Gasteiger charge is 2.41. The zero-order chi connectivity index (χ0) is 27.2. The number of hydrogen-bond donors (Lipinski definition) is 2. The first-order chi connectivity index (χ1) is 19.0. The highest BCUT2D eigenvalue weighted by Crippen LogP contribution is 2.34. The number of amidine groups is 2. The van der Waals surface area contributed by atoms with Gasteiger partial charge in [0.05, 0.1) is 11.4 Å². The van der Waals surface area contributed by atoms with Gasteiger partial charge in [0.15, 0.2) is 5.17 Å². The van der Waals surface area contributed by atoms with E-state index in [1.54, 1.807) is 0 Å². The largest absolute Gasteiger partial charge is 0.356 e. The lowest BCUT2D eigenvalue weighted by Gasteiger charge is -2.25. The molecule has 198 valence electrons. The number of rotatable bonds is 9. The molecule has 8 nitrogen and oxygen atoms in total. The second-order valence-electron chi connectivity index (χ2n) is 9.02. The molecule has 10 heteroatoms. The van der Waals surface area contributed by atoms with Crippen molar-refractivity contribution in [2.75, 3.05) is 17.6 Å². The number of para-hydroxylation sites is 1. The molecule has 0 aliphatic carbocycles. The third kappa shape index (κ3) is 6.40. The number of carbonyl (C=O) groups excluding carboxylic acids is 3. The molecule has 2 heterocycles. The molecule has 0 aromatic heterocycles. The van der Waals surface area contributed by atoms with E-state index >= 15 is 0 Å². The molecule has 3 amide bonds. The molecule has 1 atom stereocenters. The molecule has 0 fully saturated rings. The molecule has 2 aliphatic rings. The van der Waals surface area contributed by atoms with Crippen LogP contribution in [0.15, 0.2) is 88.8 Å². The Labute approximate surface area is 229 Å². The van der Waals surface area contributed by atoms with Crippen LogP contribution in [-0.4, -0.2) is 52.0 Å². The summed E-state index contributed by atoms with van der Waals surface area (Å²) in [5.41, 5.74) is 2.99. The summed E-state index contributed by atoms with van der Waals surface area (Å²) in [6.07, 6.45) is 1.16. The zero-order valence-corrected chi connectivity index (χ0v) is 21.8. The predicted octanol–water partition coefficient (Wildman–Crippen LogP) is 4.30. The molecule has 2 aliphatic heterocycles. The van der Waals surface area contributed by atoms with E-state index in [1.165, 1.54) is 29.2 Å². The lowest BCUT2D eigenvalue weighted by Crippen LogP contribution is -2.41. The van der Waals surface area contributed by atoms with Crippen molar-refractivity contribution in [3.05, 3.63) is 95.8 Å². The molecule has 0 spiro atoms. The van der Waals surface area contributed by atoms with Crippen LogP contribution in [0.25, 0.3) is 0 Å². The van der Waals surface area contributed by atoms with E-state index in [0.717, 1.165) is 29.3 Å². The van der Waals surface area contributed by atoms with Crippen LogP contribution in [0, 0.1) is 5.82 Å². The van der Waals surface area contributed by atoms with E-state index in [9.17, 15) is 18.8 Å². The summed E-state index contributed by atoms with van der Waals surface area (Å²) < 4.78 is 13.1. The van der Waals surface area contributed by atoms with Crippen molar-refractivity contribution in [2.24, 2.45) is 9.98 Å². The molecule has 0 bridgehead atoms. The van der Waals surface area contributed by atoms with Gasteiger partial charge in [-0.05, 0) is 54.8 Å². The van der Waals surface area contributed by atoms with Crippen molar-refractivity contribution in [2.45, 2.75) is 25.3 Å². The molecule has 2 N–H and O–H groups in total. The van der Waals surface area contributed by atoms with E-state index in [-0.39, 0.29) is 36.3 Å². The normalized spacial score (nSPS) is 15.7. The number of hydrogen-bond acceptors (Lipinski definition) is 6. The van der Waals surface area contributed by atoms with Gasteiger partial charge in [-0.25, -0.2) is 14.3 Å². The van der Waals surface area contributed by atoms with E-state index in [1.807, 2.05) is 54.6 Å². The fourth-order valence-corrected chi connectivity index (χ4v) is 5.10. The smallest absolute Gasteiger partial charge is 0.259 e. The first-order valence-electron chi connectivity index (χ1n) is 12.6. The van der Waals surface area contributed by atoms with Crippen molar-refractivity contribution < 1.29 is 18.8 Å². The second-order valence-corrected chi connectivity index (χ2v) is 9.96. The summed E-state index contributed by atoms with van der Waals surface area (Å²) in [7, 11) is 0. The number of nitrogens with one attached hydrogen (secondary N) is 2. The maximum Gasteiger partial charge on any atom is 0.259 e. The van der Waals surface area contributed by atoms with Crippen LogP contribution in [0.3, 0.4) is 0 Å². The maximum atomic E-state index is 13.4. The maximum absolute atomic E-state index is 13.4. The van der Waals surface area contributed by atoms with Crippen molar-refractivity contribution >= 4 is 51.9 Å². The van der Waals surface area contributed by atoms with Gasteiger partial charge in [-0.15, -0.1) is 0 Å². The van der Waals surface area contributed by atoms with Gasteiger partial charge in [0.25, 0.3) is 5.91 Å². The zero-order valence-electron chi connectivity index (χ0n) is 21.0. The van der Waals surface area contributed by atoms with Crippen molar-refractivity contribution in [3.63, 3.8) is 0 Å². The Morgan fingerprint density at radius 2 is 1.69 bits per heavy atom. The Hall–Kier alpha value is -4.31. The van der Waals surface area contributed by atoms with Crippen LogP contribution >= 0.6 is 11.8 Å². The number of benzene rings is 3. The Morgan fingerprint density at radius 1 is 0.949 bits per heavy atom. The second kappa shape index (κ2) is 12.0. The fourth-order valence-electron chi connectivity index (χ4n) is 4.29. The third-order valence-corrected chi connectivity index (χ3v) is 7.17. The molecule has 39 heavy (non-hydrogen) atoms. The minimum absolute atomic E-state index is 0.01000. The van der Waals surface area contributed by atoms with Crippen molar-refractivity contribution in [1.82, 2.24) is 10.2 Å². The van der Waals surface area contributed by atoms with Gasteiger partial charge in [-0.1, -0.05) is 54.2 Å². The number of carbonyl (C=O) groups is 3. The molecule has 0 saturated heterocycles. The van der Waals surface area contributed by atoms with E-state index in [2.05, 4.69) is 20.6 Å². The van der Waals surface area contributed by atoms with E-state index in [0.29, 0.717) is 28.9 Å². The molecule has 3 aromatic carbocycles. The monoisotopic (exact) mass is 543 g/mol. The first kappa shape index (κ1) is 26.3. The summed E-state index contributed by atoms with van der Waals surface area (Å²) in [4.78, 5) is 49.1. The Kier molecular flexibility index (Phi) is 8.12. The van der Waals surface area contributed by atoms with Gasteiger partial charge >= 0.3 is 0 Å². The average Bonchev–Trinajstić information content (AvgIpc) is 3.29. The number of anilines is 1. The van der Waals surface area contributed by atoms with E-state index < -0.39 is 11.9 Å². The van der Waals surface area contributed by atoms with Crippen LogP contribution in [-0.2, 0) is 20.8 Å². The molecular formula is C29H26FN5O3S. The minimum atomic E-state index is -0.718. The number of thioether (sulfide) groups is 1. The van der Waals surface area contributed by atoms with Gasteiger partial charge in [-0.2, -0.15) is 0 Å². The standard InChI is InChI=1S/C29H26FN5O3S/c30-20-10-12-21(13-11-20)32-26(37)18-39-29-34-23-9-5-4-8-22(23)27-33-24(28(38)35(27)29)14-15-25(36)31-17-16-19-6-2-1-3-7-19/h1-13,24H,14-18H2,(H,31,36)(H,32,37)/t24-/m0/s1. The first-order valence-corrected chi connectivity index (χ1v) is 13.6. The fraction of sp³-hybridized carbons (Fsp3) is 0.207. The number of fused-ring (bicyclic) bond motifs is 3. The molecule has 5 rings (SSSR count). The molecular weight excluding hydrogens is 517 g/mol. The van der Waals surface area contributed by atoms with Crippen LogP contribution in [0.4, 0.5) is 15.8 Å². The van der Waals surface area contributed by atoms with Crippen molar-refractivity contribution in [1.29, 1.82) is 0 Å². The van der Waals surface area contributed by atoms with Gasteiger partial charge in [0.2, 0.25) is 11.8 Å². The molecule has 0 radical (unpaired) electrons. The summed E-state index contributed by atoms with van der Waals surface area (Å²) in [5, 5.41) is 5.96. The topological polar surface area (TPSA) is 103 Å². The quantitative estimate of drug-likeness (QED) is 0.420. The number of nitrogens with zero attached hydrogens (tertiary/aromatic N) is 3. The highest BCUT2D eigenvalue weighted by molar-refractivity contribution is 8.14. The van der Waals surface area contributed by atoms with Crippen LogP contribution < -0.4 is 10.6 Å². The summed E-state index contributed by atoms with van der Waals surface area (Å²) in [6, 6.07) is 22.0. The summed E-state index contributed by atoms with van der Waals surface area (Å²) >= 11 is 1.12. The van der Waals surface area contributed by atoms with Crippen LogP contribution in [0.2, 0.25) is 0 Å². The van der Waals surface area contributed by atoms with Crippen LogP contribution in [0.1, 0.15) is 24.0 Å². The summed E-state index contributed by atoms with van der Waals surface area (Å²) in [5.74, 6) is -0.657. The van der Waals surface area contributed by atoms with Gasteiger partial charge < -0.3 is 10.6 Å². The average molecular weight is 544 g/mol. The number of amides is 3.